The average Bonchev–Trinajstić information content (AvgIpc) is 3.23. The number of fused-ring (bicyclic) bond motifs is 1. The van der Waals surface area contributed by atoms with E-state index in [1.54, 1.807) is 29.1 Å². The van der Waals surface area contributed by atoms with E-state index in [-0.39, 0.29) is 12.2 Å². The third-order valence-electron chi connectivity index (χ3n) is 3.80. The molecule has 0 radical (unpaired) electrons. The Morgan fingerprint density at radius 3 is 3.00 bits per heavy atom. The number of pyridine rings is 1. The van der Waals surface area contributed by atoms with Crippen molar-refractivity contribution in [2.24, 2.45) is 4.99 Å². The minimum absolute atomic E-state index is 0.0241. The topological polar surface area (TPSA) is 76.1 Å². The minimum Gasteiger partial charge on any atom is -0.473 e. The molecule has 1 aliphatic rings. The van der Waals surface area contributed by atoms with Crippen molar-refractivity contribution in [3.05, 3.63) is 70.8 Å². The van der Waals surface area contributed by atoms with E-state index in [9.17, 15) is 4.39 Å². The zero-order valence-electron chi connectivity index (χ0n) is 13.1. The molecule has 0 atom stereocenters. The summed E-state index contributed by atoms with van der Waals surface area (Å²) in [5.74, 6) is 0.504. The van der Waals surface area contributed by atoms with Gasteiger partial charge >= 0.3 is 0 Å². The lowest BCUT2D eigenvalue weighted by atomic mass is 10.1. The summed E-state index contributed by atoms with van der Waals surface area (Å²) >= 11 is 0. The quantitative estimate of drug-likeness (QED) is 0.736. The second-order valence-corrected chi connectivity index (χ2v) is 5.49. The Kier molecular flexibility index (Phi) is 3.71. The largest absolute Gasteiger partial charge is 0.473 e. The molecule has 0 bridgehead atoms. The lowest BCUT2D eigenvalue weighted by Gasteiger charge is -2.08. The number of hydrogen-bond donors (Lipinski definition) is 0. The average molecular weight is 333 g/mol. The lowest BCUT2D eigenvalue weighted by molar-refractivity contribution is 0.287. The van der Waals surface area contributed by atoms with Crippen LogP contribution in [0.1, 0.15) is 22.4 Å². The van der Waals surface area contributed by atoms with E-state index in [0.29, 0.717) is 23.8 Å². The molecule has 25 heavy (non-hydrogen) atoms. The summed E-state index contributed by atoms with van der Waals surface area (Å²) in [4.78, 5) is 8.54. The van der Waals surface area contributed by atoms with E-state index in [1.807, 2.05) is 18.3 Å². The van der Waals surface area contributed by atoms with Crippen LogP contribution in [0.2, 0.25) is 0 Å². The predicted molar refractivity (Wildman–Crippen MR) is 88.1 cm³/mol. The van der Waals surface area contributed by atoms with Crippen molar-refractivity contribution < 1.29 is 9.13 Å². The fraction of sp³-hybridized carbons (Fsp3) is 0.111. The molecular formula is C18H12FN5O. The Hall–Kier alpha value is -3.53. The van der Waals surface area contributed by atoms with Crippen molar-refractivity contribution >= 4 is 6.21 Å². The third-order valence-corrected chi connectivity index (χ3v) is 3.80. The molecule has 6 nitrogen and oxygen atoms in total. The Morgan fingerprint density at radius 1 is 1.28 bits per heavy atom. The van der Waals surface area contributed by atoms with E-state index >= 15 is 0 Å². The van der Waals surface area contributed by atoms with Crippen molar-refractivity contribution in [2.45, 2.75) is 13.2 Å². The van der Waals surface area contributed by atoms with E-state index in [2.05, 4.69) is 15.1 Å². The molecule has 0 fully saturated rings. The van der Waals surface area contributed by atoms with Gasteiger partial charge in [-0.05, 0) is 18.2 Å². The van der Waals surface area contributed by atoms with E-state index < -0.39 is 5.82 Å². The number of aromatic nitrogens is 3. The third kappa shape index (κ3) is 2.97. The maximum Gasteiger partial charge on any atom is 0.215 e. The summed E-state index contributed by atoms with van der Waals surface area (Å²) in [5.41, 5.74) is 2.53. The minimum atomic E-state index is -0.474. The van der Waals surface area contributed by atoms with E-state index in [0.717, 1.165) is 11.3 Å². The van der Waals surface area contributed by atoms with Crippen molar-refractivity contribution in [3.63, 3.8) is 0 Å². The highest BCUT2D eigenvalue weighted by Crippen LogP contribution is 2.18. The van der Waals surface area contributed by atoms with Crippen LogP contribution >= 0.6 is 0 Å². The highest BCUT2D eigenvalue weighted by Gasteiger charge is 2.13. The van der Waals surface area contributed by atoms with Crippen LogP contribution in [0.15, 0.2) is 47.6 Å². The Morgan fingerprint density at radius 2 is 2.20 bits per heavy atom. The number of nitrogens with zero attached hydrogens (tertiary/aromatic N) is 5. The van der Waals surface area contributed by atoms with Gasteiger partial charge in [0.25, 0.3) is 0 Å². The van der Waals surface area contributed by atoms with Crippen LogP contribution in [0.25, 0.3) is 5.82 Å². The van der Waals surface area contributed by atoms with Crippen molar-refractivity contribution in [3.8, 4) is 17.8 Å². The second-order valence-electron chi connectivity index (χ2n) is 5.49. The molecule has 1 aliphatic heterocycles. The normalized spacial score (nSPS) is 12.0. The van der Waals surface area contributed by atoms with Crippen LogP contribution in [0.5, 0.6) is 5.88 Å². The molecule has 0 spiro atoms. The summed E-state index contributed by atoms with van der Waals surface area (Å²) in [5, 5.41) is 13.2. The summed E-state index contributed by atoms with van der Waals surface area (Å²) in [6.45, 7) is 0.604. The first-order valence-corrected chi connectivity index (χ1v) is 7.60. The van der Waals surface area contributed by atoms with Crippen LogP contribution in [-0.4, -0.2) is 21.0 Å². The summed E-state index contributed by atoms with van der Waals surface area (Å²) in [6.07, 6.45) is 3.64. The predicted octanol–water partition coefficient (Wildman–Crippen LogP) is 2.79. The molecule has 0 unspecified atom stereocenters. The highest BCUT2D eigenvalue weighted by atomic mass is 19.1. The fourth-order valence-corrected chi connectivity index (χ4v) is 2.50. The Balaban J connectivity index is 1.52. The molecule has 122 valence electrons. The van der Waals surface area contributed by atoms with Gasteiger partial charge in [0.15, 0.2) is 5.82 Å². The number of hydrogen-bond acceptors (Lipinski definition) is 5. The first-order chi connectivity index (χ1) is 12.2. The highest BCUT2D eigenvalue weighted by molar-refractivity contribution is 5.83. The maximum absolute atomic E-state index is 13.9. The van der Waals surface area contributed by atoms with Crippen LogP contribution < -0.4 is 4.74 Å². The molecule has 3 heterocycles. The zero-order chi connectivity index (χ0) is 17.2. The van der Waals surface area contributed by atoms with Crippen molar-refractivity contribution in [2.75, 3.05) is 0 Å². The van der Waals surface area contributed by atoms with E-state index in [4.69, 9.17) is 10.00 Å². The van der Waals surface area contributed by atoms with Gasteiger partial charge in [-0.25, -0.2) is 9.07 Å². The number of halogens is 1. The van der Waals surface area contributed by atoms with Crippen LogP contribution in [0.4, 0.5) is 4.39 Å². The number of rotatable bonds is 4. The van der Waals surface area contributed by atoms with Gasteiger partial charge < -0.3 is 4.74 Å². The number of benzene rings is 1. The van der Waals surface area contributed by atoms with Gasteiger partial charge in [-0.2, -0.15) is 15.3 Å². The number of aliphatic imine (C=N–C) groups is 1. The van der Waals surface area contributed by atoms with E-state index in [1.165, 1.54) is 12.1 Å². The first kappa shape index (κ1) is 15.0. The van der Waals surface area contributed by atoms with Gasteiger partial charge in [-0.15, -0.1) is 0 Å². The molecule has 0 aliphatic carbocycles. The monoisotopic (exact) mass is 333 g/mol. The lowest BCUT2D eigenvalue weighted by Crippen LogP contribution is -2.03. The van der Waals surface area contributed by atoms with Crippen LogP contribution in [-0.2, 0) is 13.2 Å². The standard InChI is InChI=1S/C18H12FN5O/c19-15-6-12(7-20)4-5-13(15)11-25-18-3-1-2-17(22-18)24-10-14-8-21-9-16(14)23-24/h1-6,8,10H,9,11H2. The molecule has 3 aromatic rings. The molecule has 0 saturated carbocycles. The molecule has 0 amide bonds. The van der Waals surface area contributed by atoms with Crippen LogP contribution in [0.3, 0.4) is 0 Å². The molecule has 0 saturated heterocycles. The smallest absolute Gasteiger partial charge is 0.215 e. The Labute approximate surface area is 142 Å². The van der Waals surface area contributed by atoms with Crippen LogP contribution in [0, 0.1) is 17.1 Å². The summed E-state index contributed by atoms with van der Waals surface area (Å²) < 4.78 is 21.2. The van der Waals surface area contributed by atoms with Gasteiger partial charge in [0.2, 0.25) is 5.88 Å². The van der Waals surface area contributed by atoms with Crippen molar-refractivity contribution in [1.29, 1.82) is 5.26 Å². The van der Waals surface area contributed by atoms with Gasteiger partial charge in [0, 0.05) is 29.6 Å². The van der Waals surface area contributed by atoms with Crippen molar-refractivity contribution in [1.82, 2.24) is 14.8 Å². The first-order valence-electron chi connectivity index (χ1n) is 7.60. The van der Waals surface area contributed by atoms with Gasteiger partial charge in [-0.3, -0.25) is 4.99 Å². The number of nitriles is 1. The van der Waals surface area contributed by atoms with Gasteiger partial charge in [0.1, 0.15) is 12.4 Å². The SMILES string of the molecule is N#Cc1ccc(COc2cccc(-n3cc4c(n3)CN=C4)n2)c(F)c1. The summed E-state index contributed by atoms with van der Waals surface area (Å²) in [6, 6.07) is 11.5. The molecular weight excluding hydrogens is 321 g/mol. The zero-order valence-corrected chi connectivity index (χ0v) is 13.1. The van der Waals surface area contributed by atoms with Gasteiger partial charge in [0.05, 0.1) is 23.9 Å². The molecule has 1 aromatic carbocycles. The Bertz CT molecular complexity index is 1020. The summed E-state index contributed by atoms with van der Waals surface area (Å²) in [7, 11) is 0. The number of ether oxygens (including phenoxy) is 1. The molecule has 7 heteroatoms. The molecule has 0 N–H and O–H groups in total. The van der Waals surface area contributed by atoms with Gasteiger partial charge in [-0.1, -0.05) is 12.1 Å². The molecule has 2 aromatic heterocycles. The second kappa shape index (κ2) is 6.17. The maximum atomic E-state index is 13.9. The molecule has 4 rings (SSSR count). The fourth-order valence-electron chi connectivity index (χ4n) is 2.50.